The SMILES string of the molecule is CC(Oc1ccccc1Cl)C(=O)Nc1ccc(S(=O)(=O)N(C)Cc2ccccc2)cc1. The molecule has 0 aliphatic rings. The summed E-state index contributed by atoms with van der Waals surface area (Å²) in [5.74, 6) is 0.0337. The molecule has 3 aromatic carbocycles. The number of anilines is 1. The maximum atomic E-state index is 12.8. The van der Waals surface area contributed by atoms with Crippen molar-refractivity contribution in [3.63, 3.8) is 0 Å². The molecule has 0 aliphatic heterocycles. The number of nitrogens with one attached hydrogen (secondary N) is 1. The summed E-state index contributed by atoms with van der Waals surface area (Å²) in [4.78, 5) is 12.6. The van der Waals surface area contributed by atoms with E-state index in [0.717, 1.165) is 5.56 Å². The van der Waals surface area contributed by atoms with E-state index in [9.17, 15) is 13.2 Å². The number of amides is 1. The van der Waals surface area contributed by atoms with Crippen LogP contribution in [0.1, 0.15) is 12.5 Å². The number of benzene rings is 3. The highest BCUT2D eigenvalue weighted by Gasteiger charge is 2.21. The van der Waals surface area contributed by atoms with E-state index < -0.39 is 16.1 Å². The first kappa shape index (κ1) is 22.8. The van der Waals surface area contributed by atoms with E-state index in [1.165, 1.54) is 23.5 Å². The minimum absolute atomic E-state index is 0.143. The fourth-order valence-corrected chi connectivity index (χ4v) is 4.18. The molecule has 1 unspecified atom stereocenters. The molecule has 0 saturated heterocycles. The van der Waals surface area contributed by atoms with Gasteiger partial charge in [-0.05, 0) is 48.9 Å². The minimum Gasteiger partial charge on any atom is -0.479 e. The molecule has 1 atom stereocenters. The van der Waals surface area contributed by atoms with Gasteiger partial charge in [-0.2, -0.15) is 4.31 Å². The number of carbonyl (C=O) groups is 1. The zero-order chi connectivity index (χ0) is 22.4. The summed E-state index contributed by atoms with van der Waals surface area (Å²) in [6.45, 7) is 1.87. The summed E-state index contributed by atoms with van der Waals surface area (Å²) in [6.07, 6.45) is -0.791. The maximum Gasteiger partial charge on any atom is 0.265 e. The molecule has 6 nitrogen and oxygen atoms in total. The predicted molar refractivity (Wildman–Crippen MR) is 122 cm³/mol. The van der Waals surface area contributed by atoms with Crippen molar-refractivity contribution < 1.29 is 17.9 Å². The third-order valence-corrected chi connectivity index (χ3v) is 6.72. The summed E-state index contributed by atoms with van der Waals surface area (Å²) in [6, 6.07) is 22.3. The lowest BCUT2D eigenvalue weighted by Crippen LogP contribution is -2.30. The topological polar surface area (TPSA) is 75.7 Å². The van der Waals surface area contributed by atoms with Crippen LogP contribution in [0.3, 0.4) is 0 Å². The van der Waals surface area contributed by atoms with Gasteiger partial charge >= 0.3 is 0 Å². The second kappa shape index (κ2) is 9.96. The molecule has 8 heteroatoms. The van der Waals surface area contributed by atoms with Crippen LogP contribution in [0, 0.1) is 0 Å². The third kappa shape index (κ3) is 5.85. The second-order valence-corrected chi connectivity index (χ2v) is 9.40. The van der Waals surface area contributed by atoms with Crippen LogP contribution in [0.25, 0.3) is 0 Å². The molecule has 162 valence electrons. The number of ether oxygens (including phenoxy) is 1. The van der Waals surface area contributed by atoms with Crippen molar-refractivity contribution in [2.45, 2.75) is 24.5 Å². The number of hydrogen-bond donors (Lipinski definition) is 1. The molecule has 0 radical (unpaired) electrons. The maximum absolute atomic E-state index is 12.8. The zero-order valence-electron chi connectivity index (χ0n) is 17.2. The lowest BCUT2D eigenvalue weighted by molar-refractivity contribution is -0.122. The Hall–Kier alpha value is -2.87. The van der Waals surface area contributed by atoms with Crippen molar-refractivity contribution in [1.29, 1.82) is 0 Å². The van der Waals surface area contributed by atoms with Crippen LogP contribution in [0.4, 0.5) is 5.69 Å². The summed E-state index contributed by atoms with van der Waals surface area (Å²) in [5, 5.41) is 3.13. The average molecular weight is 459 g/mol. The van der Waals surface area contributed by atoms with E-state index in [-0.39, 0.29) is 17.3 Å². The fourth-order valence-electron chi connectivity index (χ4n) is 2.84. The Bertz CT molecular complexity index is 1140. The molecule has 1 N–H and O–H groups in total. The number of carbonyl (C=O) groups excluding carboxylic acids is 1. The summed E-state index contributed by atoms with van der Waals surface area (Å²) >= 11 is 6.05. The van der Waals surface area contributed by atoms with Gasteiger partial charge in [0, 0.05) is 19.3 Å². The van der Waals surface area contributed by atoms with Gasteiger partial charge in [0.05, 0.1) is 9.92 Å². The number of rotatable bonds is 8. The third-order valence-electron chi connectivity index (χ3n) is 4.59. The molecular weight excluding hydrogens is 436 g/mol. The highest BCUT2D eigenvalue weighted by Crippen LogP contribution is 2.25. The molecule has 0 aliphatic carbocycles. The lowest BCUT2D eigenvalue weighted by atomic mass is 10.2. The lowest BCUT2D eigenvalue weighted by Gasteiger charge is -2.18. The zero-order valence-corrected chi connectivity index (χ0v) is 18.7. The smallest absolute Gasteiger partial charge is 0.265 e. The first-order valence-corrected chi connectivity index (χ1v) is 11.4. The number of hydrogen-bond acceptors (Lipinski definition) is 4. The van der Waals surface area contributed by atoms with Gasteiger partial charge < -0.3 is 10.1 Å². The molecule has 0 aromatic heterocycles. The first-order chi connectivity index (χ1) is 14.8. The normalized spacial score (nSPS) is 12.4. The Balaban J connectivity index is 1.63. The van der Waals surface area contributed by atoms with Crippen LogP contribution >= 0.6 is 11.6 Å². The highest BCUT2D eigenvalue weighted by molar-refractivity contribution is 7.89. The van der Waals surface area contributed by atoms with E-state index in [1.54, 1.807) is 43.3 Å². The molecule has 3 aromatic rings. The molecule has 1 amide bonds. The Kier molecular flexibility index (Phi) is 7.33. The van der Waals surface area contributed by atoms with Crippen molar-refractivity contribution in [1.82, 2.24) is 4.31 Å². The number of para-hydroxylation sites is 1. The minimum atomic E-state index is -3.66. The van der Waals surface area contributed by atoms with E-state index in [1.807, 2.05) is 30.3 Å². The largest absolute Gasteiger partial charge is 0.479 e. The average Bonchev–Trinajstić information content (AvgIpc) is 2.76. The molecule has 0 bridgehead atoms. The highest BCUT2D eigenvalue weighted by atomic mass is 35.5. The first-order valence-electron chi connectivity index (χ1n) is 9.60. The van der Waals surface area contributed by atoms with Crippen molar-refractivity contribution in [2.75, 3.05) is 12.4 Å². The second-order valence-electron chi connectivity index (χ2n) is 6.95. The predicted octanol–water partition coefficient (Wildman–Crippen LogP) is 4.57. The monoisotopic (exact) mass is 458 g/mol. The van der Waals surface area contributed by atoms with Gasteiger partial charge in [0.15, 0.2) is 6.10 Å². The van der Waals surface area contributed by atoms with Crippen LogP contribution in [0.15, 0.2) is 83.8 Å². The van der Waals surface area contributed by atoms with Gasteiger partial charge in [0.1, 0.15) is 5.75 Å². The molecular formula is C23H23ClN2O4S. The summed E-state index contributed by atoms with van der Waals surface area (Å²) in [7, 11) is -2.13. The number of nitrogens with zero attached hydrogens (tertiary/aromatic N) is 1. The van der Waals surface area contributed by atoms with Gasteiger partial charge in [0.2, 0.25) is 10.0 Å². The molecule has 0 saturated carbocycles. The quantitative estimate of drug-likeness (QED) is 0.536. The van der Waals surface area contributed by atoms with Crippen molar-refractivity contribution >= 4 is 33.2 Å². The van der Waals surface area contributed by atoms with Crippen LogP contribution in [0.2, 0.25) is 5.02 Å². The van der Waals surface area contributed by atoms with Crippen LogP contribution in [-0.4, -0.2) is 31.8 Å². The van der Waals surface area contributed by atoms with Gasteiger partial charge in [-0.25, -0.2) is 8.42 Å². The Morgan fingerprint density at radius 1 is 1.00 bits per heavy atom. The van der Waals surface area contributed by atoms with Crippen molar-refractivity contribution in [3.05, 3.63) is 89.4 Å². The van der Waals surface area contributed by atoms with Crippen molar-refractivity contribution in [2.24, 2.45) is 0 Å². The van der Waals surface area contributed by atoms with Crippen molar-refractivity contribution in [3.8, 4) is 5.75 Å². The number of sulfonamides is 1. The van der Waals surface area contributed by atoms with Gasteiger partial charge in [-0.1, -0.05) is 54.1 Å². The Morgan fingerprint density at radius 2 is 1.61 bits per heavy atom. The van der Waals surface area contributed by atoms with Crippen LogP contribution < -0.4 is 10.1 Å². The molecule has 31 heavy (non-hydrogen) atoms. The molecule has 0 fully saturated rings. The fraction of sp³-hybridized carbons (Fsp3) is 0.174. The van der Waals surface area contributed by atoms with E-state index in [0.29, 0.717) is 16.5 Å². The summed E-state index contributed by atoms with van der Waals surface area (Å²) < 4.78 is 32.5. The van der Waals surface area contributed by atoms with E-state index >= 15 is 0 Å². The van der Waals surface area contributed by atoms with Gasteiger partial charge in [-0.15, -0.1) is 0 Å². The van der Waals surface area contributed by atoms with Gasteiger partial charge in [0.25, 0.3) is 5.91 Å². The molecule has 3 rings (SSSR count). The molecule has 0 heterocycles. The van der Waals surface area contributed by atoms with E-state index in [2.05, 4.69) is 5.32 Å². The summed E-state index contributed by atoms with van der Waals surface area (Å²) in [5.41, 5.74) is 1.36. The van der Waals surface area contributed by atoms with Gasteiger partial charge in [-0.3, -0.25) is 4.79 Å². The number of halogens is 1. The standard InChI is InChI=1S/C23H23ClN2O4S/c1-17(30-22-11-7-6-10-21(22)24)23(27)25-19-12-14-20(15-13-19)31(28,29)26(2)16-18-8-4-3-5-9-18/h3-15,17H,16H2,1-2H3,(H,25,27). The Morgan fingerprint density at radius 3 is 2.26 bits per heavy atom. The molecule has 0 spiro atoms. The van der Waals surface area contributed by atoms with E-state index in [4.69, 9.17) is 16.3 Å². The van der Waals surface area contributed by atoms with Crippen LogP contribution in [0.5, 0.6) is 5.75 Å². The van der Waals surface area contributed by atoms with Crippen LogP contribution in [-0.2, 0) is 21.4 Å². The Labute approximate surface area is 187 Å².